The van der Waals surface area contributed by atoms with Crippen molar-refractivity contribution in [1.29, 1.82) is 0 Å². The summed E-state index contributed by atoms with van der Waals surface area (Å²) >= 11 is 3.22. The molecule has 24 heavy (non-hydrogen) atoms. The number of pyridine rings is 1. The van der Waals surface area contributed by atoms with Gasteiger partial charge >= 0.3 is 0 Å². The van der Waals surface area contributed by atoms with E-state index in [1.54, 1.807) is 12.1 Å². The van der Waals surface area contributed by atoms with Crippen LogP contribution in [0.25, 0.3) is 0 Å². The molecule has 4 nitrogen and oxygen atoms in total. The van der Waals surface area contributed by atoms with Crippen molar-refractivity contribution in [3.05, 3.63) is 63.8 Å². The minimum absolute atomic E-state index is 0.0604. The summed E-state index contributed by atoms with van der Waals surface area (Å²) in [6.07, 6.45) is 3.63. The quantitative estimate of drug-likeness (QED) is 0.699. The monoisotopic (exact) mass is 384 g/mol. The van der Waals surface area contributed by atoms with Gasteiger partial charge in [0.1, 0.15) is 5.69 Å². The molecule has 0 aliphatic carbocycles. The maximum absolute atomic E-state index is 12.3. The summed E-state index contributed by atoms with van der Waals surface area (Å²) in [6.45, 7) is 3.33. The Bertz CT molecular complexity index is 832. The lowest BCUT2D eigenvalue weighted by atomic mass is 10.0. The fourth-order valence-corrected chi connectivity index (χ4v) is 2.86. The summed E-state index contributed by atoms with van der Waals surface area (Å²) in [6, 6.07) is 9.24. The molecule has 3 rings (SSSR count). The third-order valence-electron chi connectivity index (χ3n) is 3.84. The fraction of sp³-hybridized carbons (Fsp3) is 0.263. The van der Waals surface area contributed by atoms with Crippen molar-refractivity contribution in [3.63, 3.8) is 0 Å². The Kier molecular flexibility index (Phi) is 5.17. The molecule has 0 aromatic carbocycles. The largest absolute Gasteiger partial charge is 0.444 e. The smallest absolute Gasteiger partial charge is 0.289 e. The third kappa shape index (κ3) is 4.15. The van der Waals surface area contributed by atoms with Crippen LogP contribution in [0.5, 0.6) is 0 Å². The first-order chi connectivity index (χ1) is 11.6. The lowest BCUT2D eigenvalue weighted by molar-refractivity contribution is 0.0710. The lowest BCUT2D eigenvalue weighted by Gasteiger charge is -2.27. The number of likely N-dealkylation sites (tertiary alicyclic amines) is 1. The van der Waals surface area contributed by atoms with E-state index in [9.17, 15) is 4.79 Å². The van der Waals surface area contributed by atoms with Gasteiger partial charge in [-0.15, -0.1) is 0 Å². The van der Waals surface area contributed by atoms with Crippen molar-refractivity contribution in [3.8, 4) is 11.8 Å². The predicted octanol–water partition coefficient (Wildman–Crippen LogP) is 3.96. The van der Waals surface area contributed by atoms with Crippen molar-refractivity contribution < 1.29 is 9.21 Å². The first-order valence-electron chi connectivity index (χ1n) is 7.79. The van der Waals surface area contributed by atoms with Gasteiger partial charge in [-0.05, 0) is 72.0 Å². The highest BCUT2D eigenvalue weighted by molar-refractivity contribution is 9.10. The summed E-state index contributed by atoms with van der Waals surface area (Å²) in [5, 5.41) is 0. The van der Waals surface area contributed by atoms with E-state index in [2.05, 4.69) is 32.8 Å². The molecule has 1 fully saturated rings. The molecule has 122 valence electrons. The van der Waals surface area contributed by atoms with Crippen molar-refractivity contribution >= 4 is 21.8 Å². The van der Waals surface area contributed by atoms with Crippen LogP contribution in [-0.4, -0.2) is 28.9 Å². The van der Waals surface area contributed by atoms with E-state index in [0.29, 0.717) is 23.5 Å². The number of hydrogen-bond acceptors (Lipinski definition) is 3. The number of nitrogens with zero attached hydrogens (tertiary/aromatic N) is 2. The van der Waals surface area contributed by atoms with Crippen LogP contribution in [0.3, 0.4) is 0 Å². The summed E-state index contributed by atoms with van der Waals surface area (Å²) in [5.41, 5.74) is 3.01. The molecule has 0 N–H and O–H groups in total. The molecular weight excluding hydrogens is 368 g/mol. The first kappa shape index (κ1) is 16.5. The van der Waals surface area contributed by atoms with E-state index in [-0.39, 0.29) is 5.91 Å². The number of hydrogen-bond donors (Lipinski definition) is 0. The summed E-state index contributed by atoms with van der Waals surface area (Å²) in [7, 11) is 0. The Morgan fingerprint density at radius 1 is 1.29 bits per heavy atom. The Morgan fingerprint density at radius 3 is 2.75 bits per heavy atom. The van der Waals surface area contributed by atoms with E-state index >= 15 is 0 Å². The molecule has 3 heterocycles. The average Bonchev–Trinajstić information content (AvgIpc) is 3.01. The second-order valence-corrected chi connectivity index (χ2v) is 6.41. The number of aromatic nitrogens is 1. The number of rotatable bonds is 1. The standard InChI is InChI=1S/C19H17BrN2O2/c1-14-4-2-6-16(21-14)7-3-5-15-10-12-22(13-11-15)19(23)17-8-9-18(20)24-17/h2,4-6,8-9H,10-13H2,1H3. The van der Waals surface area contributed by atoms with Gasteiger partial charge < -0.3 is 9.32 Å². The van der Waals surface area contributed by atoms with Gasteiger partial charge in [-0.25, -0.2) is 4.98 Å². The number of carbonyl (C=O) groups excluding carboxylic acids is 1. The number of furan rings is 1. The van der Waals surface area contributed by atoms with E-state index in [0.717, 1.165) is 24.2 Å². The molecule has 1 saturated heterocycles. The number of piperidine rings is 1. The van der Waals surface area contributed by atoms with Gasteiger partial charge in [0.15, 0.2) is 10.4 Å². The van der Waals surface area contributed by atoms with Crippen LogP contribution in [0.15, 0.2) is 51.1 Å². The second-order valence-electron chi connectivity index (χ2n) is 5.63. The molecule has 0 radical (unpaired) electrons. The maximum Gasteiger partial charge on any atom is 0.289 e. The highest BCUT2D eigenvalue weighted by atomic mass is 79.9. The molecule has 0 saturated carbocycles. The van der Waals surface area contributed by atoms with Crippen molar-refractivity contribution in [1.82, 2.24) is 9.88 Å². The summed E-state index contributed by atoms with van der Waals surface area (Å²) < 4.78 is 5.90. The van der Waals surface area contributed by atoms with E-state index < -0.39 is 0 Å². The topological polar surface area (TPSA) is 46.3 Å². The maximum atomic E-state index is 12.3. The second kappa shape index (κ2) is 7.50. The lowest BCUT2D eigenvalue weighted by Crippen LogP contribution is -2.36. The molecule has 2 aromatic heterocycles. The van der Waals surface area contributed by atoms with Crippen LogP contribution < -0.4 is 0 Å². The zero-order valence-corrected chi connectivity index (χ0v) is 15.0. The molecule has 2 aromatic rings. The molecule has 0 spiro atoms. The normalized spacial score (nSPS) is 14.1. The van der Waals surface area contributed by atoms with Crippen molar-refractivity contribution in [2.24, 2.45) is 0 Å². The molecule has 0 unspecified atom stereocenters. The van der Waals surface area contributed by atoms with Gasteiger partial charge in [0.2, 0.25) is 0 Å². The van der Waals surface area contributed by atoms with Crippen LogP contribution in [0, 0.1) is 18.8 Å². The SMILES string of the molecule is Cc1cccc(C#CC=C2CCN(C(=O)c3ccc(Br)o3)CC2)n1. The zero-order chi connectivity index (χ0) is 16.9. The molecule has 1 aliphatic rings. The summed E-state index contributed by atoms with van der Waals surface area (Å²) in [5.74, 6) is 6.45. The van der Waals surface area contributed by atoms with Crippen LogP contribution in [0.4, 0.5) is 0 Å². The van der Waals surface area contributed by atoms with Crippen LogP contribution in [-0.2, 0) is 0 Å². The average molecular weight is 385 g/mol. The van der Waals surface area contributed by atoms with Crippen molar-refractivity contribution in [2.45, 2.75) is 19.8 Å². The minimum atomic E-state index is -0.0604. The first-order valence-corrected chi connectivity index (χ1v) is 8.59. The van der Waals surface area contributed by atoms with Gasteiger partial charge in [-0.2, -0.15) is 0 Å². The molecule has 0 atom stereocenters. The Hall–Kier alpha value is -2.32. The van der Waals surface area contributed by atoms with E-state index in [1.165, 1.54) is 5.57 Å². The van der Waals surface area contributed by atoms with Gasteiger partial charge in [-0.1, -0.05) is 17.6 Å². The Balaban J connectivity index is 1.58. The highest BCUT2D eigenvalue weighted by Crippen LogP contribution is 2.20. The van der Waals surface area contributed by atoms with Gasteiger partial charge in [0.05, 0.1) is 0 Å². The number of halogens is 1. The molecule has 5 heteroatoms. The molecule has 0 bridgehead atoms. The predicted molar refractivity (Wildman–Crippen MR) is 95.5 cm³/mol. The third-order valence-corrected chi connectivity index (χ3v) is 4.27. The number of aryl methyl sites for hydroxylation is 1. The highest BCUT2D eigenvalue weighted by Gasteiger charge is 2.22. The van der Waals surface area contributed by atoms with E-state index in [1.807, 2.05) is 36.1 Å². The minimum Gasteiger partial charge on any atom is -0.444 e. The van der Waals surface area contributed by atoms with Gasteiger partial charge in [0.25, 0.3) is 5.91 Å². The zero-order valence-electron chi connectivity index (χ0n) is 13.4. The number of allylic oxidation sites excluding steroid dienone is 1. The van der Waals surface area contributed by atoms with Crippen LogP contribution in [0.2, 0.25) is 0 Å². The van der Waals surface area contributed by atoms with Crippen LogP contribution >= 0.6 is 15.9 Å². The molecular formula is C19H17BrN2O2. The van der Waals surface area contributed by atoms with Crippen LogP contribution in [0.1, 0.15) is 34.8 Å². The number of amides is 1. The van der Waals surface area contributed by atoms with E-state index in [4.69, 9.17) is 4.42 Å². The Morgan fingerprint density at radius 2 is 2.08 bits per heavy atom. The van der Waals surface area contributed by atoms with Gasteiger partial charge in [0, 0.05) is 18.8 Å². The summed E-state index contributed by atoms with van der Waals surface area (Å²) in [4.78, 5) is 18.5. The van der Waals surface area contributed by atoms with Gasteiger partial charge in [-0.3, -0.25) is 4.79 Å². The fourth-order valence-electron chi connectivity index (χ4n) is 2.55. The molecule has 1 amide bonds. The molecule has 1 aliphatic heterocycles. The Labute approximate surface area is 149 Å². The van der Waals surface area contributed by atoms with Crippen molar-refractivity contribution in [2.75, 3.05) is 13.1 Å². The number of carbonyl (C=O) groups is 1.